The number of urea groups is 1. The Morgan fingerprint density at radius 3 is 2.81 bits per heavy atom. The van der Waals surface area contributed by atoms with E-state index in [0.29, 0.717) is 30.4 Å². The van der Waals surface area contributed by atoms with Gasteiger partial charge >= 0.3 is 6.03 Å². The van der Waals surface area contributed by atoms with E-state index < -0.39 is 21.9 Å². The topological polar surface area (TPSA) is 127 Å². The number of rotatable bonds is 4. The molecule has 3 aromatic rings. The number of hydrogen-bond donors (Lipinski definition) is 2. The second-order valence-corrected chi connectivity index (χ2v) is 18.3. The van der Waals surface area contributed by atoms with E-state index in [1.165, 1.54) is 16.7 Å². The molecule has 11 nitrogen and oxygen atoms in total. The van der Waals surface area contributed by atoms with E-state index >= 15 is 0 Å². The molecule has 282 valence electrons. The SMILES string of the molecule is CO[C@H]1/C=C/C[C@H](C)CS(=O)(NC(=O)N[C@H]2C[C@@H]2c2cnn(C)c2)=NC(=O)c2ccc3c(c2)N(C[C@@H]2CC[C@H]21)C[C@@]1(CCCc2cc(C)ccc21)CO3. The lowest BCUT2D eigenvalue weighted by molar-refractivity contribution is 0.0131. The number of nitrogens with zero attached hydrogens (tertiary/aromatic N) is 4. The first-order valence-corrected chi connectivity index (χ1v) is 20.9. The fourth-order valence-electron chi connectivity index (χ4n) is 9.22. The number of nitrogens with one attached hydrogen (secondary N) is 2. The van der Waals surface area contributed by atoms with Crippen LogP contribution in [0.5, 0.6) is 5.75 Å². The van der Waals surface area contributed by atoms with Crippen LogP contribution in [-0.4, -0.2) is 70.6 Å². The molecule has 2 aliphatic heterocycles. The first-order valence-electron chi connectivity index (χ1n) is 19.2. The van der Waals surface area contributed by atoms with Gasteiger partial charge in [-0.25, -0.2) is 9.00 Å². The number of carbonyl (C=O) groups is 2. The summed E-state index contributed by atoms with van der Waals surface area (Å²) < 4.78 is 36.0. The van der Waals surface area contributed by atoms with Gasteiger partial charge in [-0.15, -0.1) is 4.36 Å². The maximum absolute atomic E-state index is 14.6. The number of methoxy groups -OCH3 is 1. The molecular weight excluding hydrogens is 689 g/mol. The zero-order valence-corrected chi connectivity index (χ0v) is 32.1. The standard InChI is InChI=1S/C41H52N6O5S/c1-26-10-14-34-28(17-26)8-6-16-41(34)24-47-22-30-11-13-32(30)37(51-4)9-5-7-27(2)23-53(50,44-39(48)29-12-15-38(52-25-41)36(47)18-29)45-40(49)43-35-19-33(35)31-20-42-46(3)21-31/h5,9-10,12,14-15,17-18,20-21,27,30,32-33,35,37H,6-8,11,13,16,19,22-25H2,1-4H3,(H2,43,44,45,48,49,50)/b9-5+/t27-,30-,32+,33+,35-,37-,41-,53?/m0/s1. The summed E-state index contributed by atoms with van der Waals surface area (Å²) in [6.07, 6.45) is 14.7. The Hall–Kier alpha value is -4.16. The molecule has 1 aromatic heterocycles. The summed E-state index contributed by atoms with van der Waals surface area (Å²) in [4.78, 5) is 29.8. The van der Waals surface area contributed by atoms with Gasteiger partial charge in [-0.3, -0.25) is 14.2 Å². The smallest absolute Gasteiger partial charge is 0.327 e. The van der Waals surface area contributed by atoms with Crippen LogP contribution in [0.3, 0.4) is 0 Å². The van der Waals surface area contributed by atoms with Gasteiger partial charge in [0.2, 0.25) is 0 Å². The van der Waals surface area contributed by atoms with Crippen molar-refractivity contribution in [2.24, 2.45) is 29.2 Å². The number of anilines is 1. The Balaban J connectivity index is 1.13. The number of amides is 3. The second kappa shape index (κ2) is 14.2. The number of benzene rings is 2. The minimum Gasteiger partial charge on any atom is -0.490 e. The lowest BCUT2D eigenvalue weighted by atomic mass is 9.68. The minimum absolute atomic E-state index is 0.0263. The van der Waals surface area contributed by atoms with Gasteiger partial charge in [0, 0.05) is 56.4 Å². The van der Waals surface area contributed by atoms with E-state index in [-0.39, 0.29) is 35.1 Å². The van der Waals surface area contributed by atoms with Crippen LogP contribution in [-0.2, 0) is 33.5 Å². The zero-order chi connectivity index (χ0) is 36.9. The highest BCUT2D eigenvalue weighted by Crippen LogP contribution is 2.47. The normalized spacial score (nSPS) is 32.9. The molecule has 53 heavy (non-hydrogen) atoms. The number of hydrogen-bond acceptors (Lipinski definition) is 7. The molecule has 2 aromatic carbocycles. The summed E-state index contributed by atoms with van der Waals surface area (Å²) in [6.45, 7) is 6.25. The van der Waals surface area contributed by atoms with Gasteiger partial charge in [0.25, 0.3) is 5.91 Å². The molecule has 0 saturated heterocycles. The number of aromatic nitrogens is 2. The van der Waals surface area contributed by atoms with Crippen molar-refractivity contribution in [1.82, 2.24) is 19.8 Å². The number of ether oxygens (including phenoxy) is 2. The molecule has 1 spiro atoms. The monoisotopic (exact) mass is 740 g/mol. The molecule has 3 aliphatic carbocycles. The molecular formula is C41H52N6O5S. The second-order valence-electron chi connectivity index (χ2n) is 16.3. The first kappa shape index (κ1) is 35.8. The van der Waals surface area contributed by atoms with E-state index in [1.54, 1.807) is 24.1 Å². The molecule has 5 aliphatic rings. The van der Waals surface area contributed by atoms with Crippen LogP contribution in [0.4, 0.5) is 10.5 Å². The molecule has 3 amide bonds. The van der Waals surface area contributed by atoms with Gasteiger partial charge in [0.05, 0.1) is 30.3 Å². The number of fused-ring (bicyclic) bond motifs is 4. The highest BCUT2D eigenvalue weighted by atomic mass is 32.2. The molecule has 1 unspecified atom stereocenters. The number of allylic oxidation sites excluding steroid dienone is 1. The molecule has 2 fully saturated rings. The third-order valence-electron chi connectivity index (χ3n) is 12.2. The fourth-order valence-corrected chi connectivity index (χ4v) is 11.1. The van der Waals surface area contributed by atoms with Gasteiger partial charge in [0.15, 0.2) is 0 Å². The number of carbonyl (C=O) groups excluding carboxylic acids is 2. The summed E-state index contributed by atoms with van der Waals surface area (Å²) in [6, 6.07) is 11.6. The van der Waals surface area contributed by atoms with Crippen molar-refractivity contribution in [2.45, 2.75) is 82.3 Å². The Morgan fingerprint density at radius 2 is 2.04 bits per heavy atom. The van der Waals surface area contributed by atoms with Gasteiger partial charge in [-0.1, -0.05) is 42.8 Å². The fraction of sp³-hybridized carbons (Fsp3) is 0.537. The number of aryl methyl sites for hydroxylation is 3. The van der Waals surface area contributed by atoms with Gasteiger partial charge in [0.1, 0.15) is 15.7 Å². The Kier molecular flexibility index (Phi) is 9.63. The van der Waals surface area contributed by atoms with Crippen molar-refractivity contribution in [2.75, 3.05) is 37.5 Å². The van der Waals surface area contributed by atoms with Crippen LogP contribution in [0.2, 0.25) is 0 Å². The molecule has 8 atom stereocenters. The van der Waals surface area contributed by atoms with Crippen molar-refractivity contribution in [1.29, 1.82) is 0 Å². The lowest BCUT2D eigenvalue weighted by Crippen LogP contribution is -2.49. The third kappa shape index (κ3) is 7.36. The molecule has 3 heterocycles. The summed E-state index contributed by atoms with van der Waals surface area (Å²) in [7, 11) is 0.138. The largest absolute Gasteiger partial charge is 0.490 e. The first-order chi connectivity index (χ1) is 25.5. The molecule has 2 N–H and O–H groups in total. The average molecular weight is 741 g/mol. The molecule has 2 bridgehead atoms. The van der Waals surface area contributed by atoms with Crippen LogP contribution in [0.25, 0.3) is 0 Å². The quantitative estimate of drug-likeness (QED) is 0.305. The lowest BCUT2D eigenvalue weighted by Gasteiger charge is -2.46. The maximum atomic E-state index is 14.6. The average Bonchev–Trinajstić information content (AvgIpc) is 3.76. The van der Waals surface area contributed by atoms with E-state index in [2.05, 4.69) is 61.7 Å². The van der Waals surface area contributed by atoms with Crippen LogP contribution in [0, 0.1) is 24.7 Å². The van der Waals surface area contributed by atoms with E-state index in [9.17, 15) is 13.8 Å². The van der Waals surface area contributed by atoms with Crippen molar-refractivity contribution < 1.29 is 23.3 Å². The molecule has 8 rings (SSSR count). The van der Waals surface area contributed by atoms with Crippen LogP contribution < -0.4 is 19.7 Å². The van der Waals surface area contributed by atoms with Crippen LogP contribution in [0.15, 0.2) is 65.3 Å². The molecule has 2 saturated carbocycles. The van der Waals surface area contributed by atoms with Crippen molar-refractivity contribution in [3.63, 3.8) is 0 Å². The maximum Gasteiger partial charge on any atom is 0.327 e. The Labute approximate surface area is 313 Å². The summed E-state index contributed by atoms with van der Waals surface area (Å²) >= 11 is 0. The van der Waals surface area contributed by atoms with Crippen LogP contribution in [0.1, 0.15) is 84.0 Å². The Morgan fingerprint density at radius 1 is 1.17 bits per heavy atom. The van der Waals surface area contributed by atoms with Crippen LogP contribution >= 0.6 is 0 Å². The third-order valence-corrected chi connectivity index (χ3v) is 14.2. The van der Waals surface area contributed by atoms with Crippen molar-refractivity contribution >= 4 is 27.5 Å². The molecule has 0 radical (unpaired) electrons. The summed E-state index contributed by atoms with van der Waals surface area (Å²) in [5, 5.41) is 7.19. The van der Waals surface area contributed by atoms with E-state index in [4.69, 9.17) is 9.47 Å². The zero-order valence-electron chi connectivity index (χ0n) is 31.3. The highest BCUT2D eigenvalue weighted by Gasteiger charge is 2.45. The minimum atomic E-state index is -3.50. The summed E-state index contributed by atoms with van der Waals surface area (Å²) in [5.74, 6) is 0.925. The van der Waals surface area contributed by atoms with Crippen molar-refractivity contribution in [3.8, 4) is 5.75 Å². The van der Waals surface area contributed by atoms with Gasteiger partial charge < -0.3 is 19.7 Å². The predicted octanol–water partition coefficient (Wildman–Crippen LogP) is 6.22. The van der Waals surface area contributed by atoms with E-state index in [1.807, 2.05) is 32.3 Å². The predicted molar refractivity (Wildman–Crippen MR) is 206 cm³/mol. The highest BCUT2D eigenvalue weighted by molar-refractivity contribution is 7.92. The van der Waals surface area contributed by atoms with E-state index in [0.717, 1.165) is 68.6 Å². The molecule has 12 heteroatoms. The summed E-state index contributed by atoms with van der Waals surface area (Å²) in [5.41, 5.74) is 6.05. The van der Waals surface area contributed by atoms with Gasteiger partial charge in [-0.05, 0) is 105 Å². The van der Waals surface area contributed by atoms with Gasteiger partial charge in [-0.2, -0.15) is 5.10 Å². The van der Waals surface area contributed by atoms with Crippen molar-refractivity contribution in [3.05, 3.63) is 88.8 Å². The Bertz CT molecular complexity index is 2050.